The number of hydrogen-bond acceptors (Lipinski definition) is 3. The van der Waals surface area contributed by atoms with Crippen molar-refractivity contribution in [3.63, 3.8) is 0 Å². The molecule has 2 rings (SSSR count). The van der Waals surface area contributed by atoms with Gasteiger partial charge in [-0.2, -0.15) is 0 Å². The van der Waals surface area contributed by atoms with Crippen LogP contribution >= 0.6 is 46.7 Å². The number of halogens is 2. The van der Waals surface area contributed by atoms with Crippen molar-refractivity contribution in [1.82, 2.24) is 0 Å². The van der Waals surface area contributed by atoms with Crippen LogP contribution in [-0.2, 0) is 6.42 Å². The minimum absolute atomic E-state index is 0.638. The number of hydrogen-bond donors (Lipinski definition) is 1. The largest absolute Gasteiger partial charge is 0.379 e. The Bertz CT molecular complexity index is 648. The third-order valence-electron chi connectivity index (χ3n) is 3.00. The fourth-order valence-electron chi connectivity index (χ4n) is 1.87. The summed E-state index contributed by atoms with van der Waals surface area (Å²) >= 11 is 15.3. The lowest BCUT2D eigenvalue weighted by Gasteiger charge is -2.05. The van der Waals surface area contributed by atoms with Crippen molar-refractivity contribution in [2.24, 2.45) is 10.7 Å². The van der Waals surface area contributed by atoms with E-state index in [1.54, 1.807) is 29.6 Å². The lowest BCUT2D eigenvalue weighted by Crippen LogP contribution is -2.09. The van der Waals surface area contributed by atoms with Gasteiger partial charge in [-0.05, 0) is 30.2 Å². The van der Waals surface area contributed by atoms with Crippen molar-refractivity contribution < 1.29 is 0 Å². The number of rotatable bonds is 7. The van der Waals surface area contributed by atoms with Crippen LogP contribution in [0.1, 0.15) is 5.56 Å². The van der Waals surface area contributed by atoms with E-state index in [2.05, 4.69) is 17.1 Å². The highest BCUT2D eigenvalue weighted by Gasteiger charge is 2.03. The molecule has 0 aromatic heterocycles. The molecule has 0 saturated heterocycles. The molecule has 122 valence electrons. The van der Waals surface area contributed by atoms with Gasteiger partial charge in [0, 0.05) is 28.0 Å². The van der Waals surface area contributed by atoms with Crippen LogP contribution in [0.15, 0.2) is 58.4 Å². The molecule has 0 aliphatic heterocycles. The highest BCUT2D eigenvalue weighted by Crippen LogP contribution is 2.30. The van der Waals surface area contributed by atoms with Gasteiger partial charge in [0.05, 0.1) is 5.02 Å². The minimum Gasteiger partial charge on any atom is -0.379 e. The first-order valence-electron chi connectivity index (χ1n) is 7.19. The number of nitrogens with two attached hydrogens (primary N) is 1. The van der Waals surface area contributed by atoms with Crippen LogP contribution in [0.25, 0.3) is 0 Å². The van der Waals surface area contributed by atoms with E-state index in [0.717, 1.165) is 34.4 Å². The van der Waals surface area contributed by atoms with Crippen molar-refractivity contribution in [2.75, 3.05) is 18.1 Å². The molecule has 0 amide bonds. The summed E-state index contributed by atoms with van der Waals surface area (Å²) in [5, 5.41) is 2.07. The molecule has 2 N–H and O–H groups in total. The first-order valence-corrected chi connectivity index (χ1v) is 9.92. The first-order chi connectivity index (χ1) is 11.1. The Balaban J connectivity index is 1.67. The molecule has 0 heterocycles. The van der Waals surface area contributed by atoms with Gasteiger partial charge in [0.25, 0.3) is 0 Å². The van der Waals surface area contributed by atoms with E-state index < -0.39 is 0 Å². The van der Waals surface area contributed by atoms with Gasteiger partial charge < -0.3 is 5.73 Å². The molecule has 0 radical (unpaired) electrons. The molecular weight excluding hydrogens is 367 g/mol. The molecule has 23 heavy (non-hydrogen) atoms. The zero-order chi connectivity index (χ0) is 16.5. The normalized spacial score (nSPS) is 11.7. The third kappa shape index (κ3) is 7.08. The predicted molar refractivity (Wildman–Crippen MR) is 106 cm³/mol. The summed E-state index contributed by atoms with van der Waals surface area (Å²) in [4.78, 5) is 5.40. The minimum atomic E-state index is 0.638. The number of thioether (sulfide) groups is 2. The smallest absolute Gasteiger partial charge is 0.153 e. The molecule has 2 aromatic carbocycles. The first kappa shape index (κ1) is 18.5. The third-order valence-corrected chi connectivity index (χ3v) is 5.82. The summed E-state index contributed by atoms with van der Waals surface area (Å²) in [6.07, 6.45) is 0.912. The van der Waals surface area contributed by atoms with Gasteiger partial charge in [0.15, 0.2) is 5.17 Å². The Morgan fingerprint density at radius 3 is 2.61 bits per heavy atom. The van der Waals surface area contributed by atoms with Crippen LogP contribution in [0.5, 0.6) is 0 Å². The van der Waals surface area contributed by atoms with E-state index in [1.165, 1.54) is 5.56 Å². The monoisotopic (exact) mass is 384 g/mol. The molecule has 2 nitrogen and oxygen atoms in total. The van der Waals surface area contributed by atoms with Crippen molar-refractivity contribution in [3.05, 3.63) is 64.1 Å². The van der Waals surface area contributed by atoms with Gasteiger partial charge in [-0.15, -0.1) is 11.8 Å². The van der Waals surface area contributed by atoms with Crippen LogP contribution in [0.4, 0.5) is 0 Å². The van der Waals surface area contributed by atoms with Crippen LogP contribution in [0, 0.1) is 0 Å². The zero-order valence-corrected chi connectivity index (χ0v) is 15.7. The van der Waals surface area contributed by atoms with Crippen molar-refractivity contribution >= 4 is 51.9 Å². The molecule has 6 heteroatoms. The van der Waals surface area contributed by atoms with Crippen LogP contribution in [0.3, 0.4) is 0 Å². The number of benzene rings is 2. The van der Waals surface area contributed by atoms with Gasteiger partial charge >= 0.3 is 0 Å². The van der Waals surface area contributed by atoms with E-state index in [-0.39, 0.29) is 0 Å². The molecular formula is C17H18Cl2N2S2. The van der Waals surface area contributed by atoms with E-state index in [9.17, 15) is 0 Å². The molecule has 0 fully saturated rings. The summed E-state index contributed by atoms with van der Waals surface area (Å²) in [5.74, 6) is 1.79. The average Bonchev–Trinajstić information content (AvgIpc) is 2.55. The van der Waals surface area contributed by atoms with E-state index in [1.807, 2.05) is 30.3 Å². The molecule has 2 aromatic rings. The lowest BCUT2D eigenvalue weighted by molar-refractivity contribution is 0.970. The molecule has 0 aliphatic carbocycles. The van der Waals surface area contributed by atoms with Crippen LogP contribution in [-0.4, -0.2) is 23.2 Å². The summed E-state index contributed by atoms with van der Waals surface area (Å²) in [6, 6.07) is 15.8. The Kier molecular flexibility index (Phi) is 8.17. The second kappa shape index (κ2) is 10.1. The van der Waals surface area contributed by atoms with Crippen LogP contribution < -0.4 is 5.73 Å². The summed E-state index contributed by atoms with van der Waals surface area (Å²) in [7, 11) is 0. The number of aliphatic imine (C=N–C) groups is 1. The average molecular weight is 385 g/mol. The second-order valence-electron chi connectivity index (χ2n) is 4.73. The maximum atomic E-state index is 6.13. The quantitative estimate of drug-likeness (QED) is 0.301. The van der Waals surface area contributed by atoms with Gasteiger partial charge in [-0.1, -0.05) is 65.3 Å². The van der Waals surface area contributed by atoms with Crippen molar-refractivity contribution in [1.29, 1.82) is 0 Å². The fraction of sp³-hybridized carbons (Fsp3) is 0.235. The molecule has 0 unspecified atom stereocenters. The molecule has 0 bridgehead atoms. The predicted octanol–water partition coefficient (Wildman–Crippen LogP) is 5.38. The van der Waals surface area contributed by atoms with E-state index in [4.69, 9.17) is 28.9 Å². The fourth-order valence-corrected chi connectivity index (χ4v) is 4.08. The van der Waals surface area contributed by atoms with Gasteiger partial charge in [0.2, 0.25) is 0 Å². The highest BCUT2D eigenvalue weighted by molar-refractivity contribution is 8.14. The van der Waals surface area contributed by atoms with E-state index in [0.29, 0.717) is 10.2 Å². The van der Waals surface area contributed by atoms with Crippen molar-refractivity contribution in [3.8, 4) is 0 Å². The van der Waals surface area contributed by atoms with Gasteiger partial charge in [0.1, 0.15) is 0 Å². The Morgan fingerprint density at radius 2 is 1.83 bits per heavy atom. The second-order valence-corrected chi connectivity index (χ2v) is 7.82. The Hall–Kier alpha value is -0.810. The molecule has 0 saturated carbocycles. The topological polar surface area (TPSA) is 38.4 Å². The Morgan fingerprint density at radius 1 is 1.04 bits per heavy atom. The molecule has 0 spiro atoms. The van der Waals surface area contributed by atoms with E-state index >= 15 is 0 Å². The Labute approximate surface area is 155 Å². The summed E-state index contributed by atoms with van der Waals surface area (Å²) in [5.41, 5.74) is 7.21. The zero-order valence-electron chi connectivity index (χ0n) is 12.5. The molecule has 0 aliphatic rings. The van der Waals surface area contributed by atoms with Crippen molar-refractivity contribution in [2.45, 2.75) is 11.3 Å². The summed E-state index contributed by atoms with van der Waals surface area (Å²) < 4.78 is 0. The lowest BCUT2D eigenvalue weighted by atomic mass is 10.2. The maximum absolute atomic E-state index is 6.13. The SMILES string of the molecule is NC(=NCCc1ccccc1)SCCSc1cc(Cl)ccc1Cl. The van der Waals surface area contributed by atoms with Gasteiger partial charge in [-0.25, -0.2) is 0 Å². The summed E-state index contributed by atoms with van der Waals surface area (Å²) in [6.45, 7) is 0.718. The highest BCUT2D eigenvalue weighted by atomic mass is 35.5. The molecule has 0 atom stereocenters. The number of amidine groups is 1. The van der Waals surface area contributed by atoms with Gasteiger partial charge in [-0.3, -0.25) is 4.99 Å². The number of nitrogens with zero attached hydrogens (tertiary/aromatic N) is 1. The maximum Gasteiger partial charge on any atom is 0.153 e. The standard InChI is InChI=1S/C17H18Cl2N2S2/c18-14-6-7-15(19)16(12-14)22-10-11-23-17(20)21-9-8-13-4-2-1-3-5-13/h1-7,12H,8-11H2,(H2,20,21). The van der Waals surface area contributed by atoms with Crippen LogP contribution in [0.2, 0.25) is 10.0 Å².